The second-order valence-electron chi connectivity index (χ2n) is 3.55. The average molecular weight is 305 g/mol. The van der Waals surface area contributed by atoms with E-state index >= 15 is 0 Å². The summed E-state index contributed by atoms with van der Waals surface area (Å²) in [6.07, 6.45) is 1.51. The van der Waals surface area contributed by atoms with Crippen LogP contribution < -0.4 is 5.32 Å². The van der Waals surface area contributed by atoms with Crippen molar-refractivity contribution in [2.45, 2.75) is 6.54 Å². The molecule has 0 unspecified atom stereocenters. The maximum atomic E-state index is 13.1. The van der Waals surface area contributed by atoms with E-state index in [2.05, 4.69) is 10.3 Å². The Hall–Kier alpha value is -1.73. The van der Waals surface area contributed by atoms with Crippen LogP contribution in [0.4, 0.5) is 14.5 Å². The van der Waals surface area contributed by atoms with Gasteiger partial charge in [-0.1, -0.05) is 11.6 Å². The lowest BCUT2D eigenvalue weighted by Crippen LogP contribution is -2.07. The maximum absolute atomic E-state index is 13.1. The Morgan fingerprint density at radius 1 is 1.42 bits per heavy atom. The van der Waals surface area contributed by atoms with Gasteiger partial charge in [-0.05, 0) is 6.07 Å². The fourth-order valence-electron chi connectivity index (χ4n) is 1.42. The minimum absolute atomic E-state index is 0.00378. The number of carbonyl (C=O) groups is 1. The summed E-state index contributed by atoms with van der Waals surface area (Å²) in [6, 6.07) is 1.45. The van der Waals surface area contributed by atoms with Crippen molar-refractivity contribution in [1.82, 2.24) is 4.98 Å². The van der Waals surface area contributed by atoms with Crippen LogP contribution in [0.15, 0.2) is 18.3 Å². The van der Waals surface area contributed by atoms with Crippen molar-refractivity contribution in [2.75, 3.05) is 5.32 Å². The van der Waals surface area contributed by atoms with Crippen molar-refractivity contribution < 1.29 is 18.7 Å². The molecule has 0 atom stereocenters. The molecule has 0 radical (unpaired) electrons. The number of hydrogen-bond donors (Lipinski definition) is 2. The molecule has 100 valence electrons. The Kier molecular flexibility index (Phi) is 3.96. The van der Waals surface area contributed by atoms with Gasteiger partial charge in [0.2, 0.25) is 0 Å². The van der Waals surface area contributed by atoms with Gasteiger partial charge in [-0.15, -0.1) is 11.3 Å². The van der Waals surface area contributed by atoms with E-state index in [1.807, 2.05) is 0 Å². The molecule has 0 fully saturated rings. The Morgan fingerprint density at radius 2 is 2.11 bits per heavy atom. The summed E-state index contributed by atoms with van der Waals surface area (Å²) in [7, 11) is 0. The summed E-state index contributed by atoms with van der Waals surface area (Å²) in [5, 5.41) is 11.6. The molecule has 8 heteroatoms. The molecule has 0 saturated carbocycles. The number of anilines is 1. The zero-order valence-corrected chi connectivity index (χ0v) is 10.9. The van der Waals surface area contributed by atoms with Crippen molar-refractivity contribution in [3.63, 3.8) is 0 Å². The number of rotatable bonds is 4. The SMILES string of the molecule is O=C(O)c1cc(F)c(F)cc1NCc1cnc(Cl)s1. The van der Waals surface area contributed by atoms with E-state index in [0.29, 0.717) is 10.5 Å². The minimum Gasteiger partial charge on any atom is -0.478 e. The molecule has 4 nitrogen and oxygen atoms in total. The Balaban J connectivity index is 2.23. The number of benzene rings is 1. The summed E-state index contributed by atoms with van der Waals surface area (Å²) < 4.78 is 26.5. The molecule has 0 saturated heterocycles. The molecule has 1 heterocycles. The van der Waals surface area contributed by atoms with Gasteiger partial charge in [0.15, 0.2) is 16.1 Å². The highest BCUT2D eigenvalue weighted by Crippen LogP contribution is 2.23. The Bertz CT molecular complexity index is 633. The lowest BCUT2D eigenvalue weighted by Gasteiger charge is -2.09. The fraction of sp³-hybridized carbons (Fsp3) is 0.0909. The normalized spacial score (nSPS) is 10.5. The first kappa shape index (κ1) is 13.7. The summed E-state index contributed by atoms with van der Waals surface area (Å²) in [6.45, 7) is 0.218. The molecule has 2 rings (SSSR count). The smallest absolute Gasteiger partial charge is 0.337 e. The lowest BCUT2D eigenvalue weighted by molar-refractivity contribution is 0.0697. The predicted octanol–water partition coefficient (Wildman–Crippen LogP) is 3.39. The van der Waals surface area contributed by atoms with Crippen molar-refractivity contribution in [3.8, 4) is 0 Å². The molecule has 2 N–H and O–H groups in total. The number of aromatic nitrogens is 1. The first-order valence-electron chi connectivity index (χ1n) is 5.04. The molecule has 0 aliphatic rings. The highest BCUT2D eigenvalue weighted by atomic mass is 35.5. The van der Waals surface area contributed by atoms with Crippen LogP contribution in [0.25, 0.3) is 0 Å². The summed E-state index contributed by atoms with van der Waals surface area (Å²) in [4.78, 5) is 15.5. The zero-order valence-electron chi connectivity index (χ0n) is 9.28. The lowest BCUT2D eigenvalue weighted by atomic mass is 10.1. The molecular weight excluding hydrogens is 298 g/mol. The number of halogens is 3. The molecule has 2 aromatic rings. The van der Waals surface area contributed by atoms with Crippen molar-refractivity contribution >= 4 is 34.6 Å². The zero-order chi connectivity index (χ0) is 14.0. The third kappa shape index (κ3) is 3.18. The first-order chi connectivity index (χ1) is 8.97. The molecule has 0 aliphatic heterocycles. The first-order valence-corrected chi connectivity index (χ1v) is 6.23. The molecule has 1 aromatic heterocycles. The van der Waals surface area contributed by atoms with E-state index < -0.39 is 17.6 Å². The van der Waals surface area contributed by atoms with E-state index in [0.717, 1.165) is 10.9 Å². The molecule has 0 bridgehead atoms. The molecule has 19 heavy (non-hydrogen) atoms. The summed E-state index contributed by atoms with van der Waals surface area (Å²) in [5.74, 6) is -3.66. The van der Waals surface area contributed by atoms with Crippen molar-refractivity contribution in [1.29, 1.82) is 0 Å². The van der Waals surface area contributed by atoms with Gasteiger partial charge < -0.3 is 10.4 Å². The maximum Gasteiger partial charge on any atom is 0.337 e. The molecule has 0 spiro atoms. The van der Waals surface area contributed by atoms with Crippen LogP contribution in [0, 0.1) is 11.6 Å². The van der Waals surface area contributed by atoms with Gasteiger partial charge in [0.1, 0.15) is 0 Å². The number of carboxylic acid groups (broad SMARTS) is 1. The third-order valence-electron chi connectivity index (χ3n) is 2.27. The number of nitrogens with one attached hydrogen (secondary N) is 1. The van der Waals surface area contributed by atoms with Gasteiger partial charge in [0, 0.05) is 17.1 Å². The second kappa shape index (κ2) is 5.50. The van der Waals surface area contributed by atoms with E-state index in [4.69, 9.17) is 16.7 Å². The van der Waals surface area contributed by atoms with Crippen LogP contribution in [0.3, 0.4) is 0 Å². The fourth-order valence-corrected chi connectivity index (χ4v) is 2.34. The van der Waals surface area contributed by atoms with E-state index in [1.54, 1.807) is 0 Å². The van der Waals surface area contributed by atoms with Crippen molar-refractivity contribution in [2.24, 2.45) is 0 Å². The number of nitrogens with zero attached hydrogens (tertiary/aromatic N) is 1. The third-order valence-corrected chi connectivity index (χ3v) is 3.38. The highest BCUT2D eigenvalue weighted by Gasteiger charge is 2.15. The van der Waals surface area contributed by atoms with Crippen molar-refractivity contribution in [3.05, 3.63) is 44.9 Å². The quantitative estimate of drug-likeness (QED) is 0.909. The standard InChI is InChI=1S/C11H7ClF2N2O2S/c12-11-16-4-5(19-11)3-15-9-2-8(14)7(13)1-6(9)10(17)18/h1-2,4,15H,3H2,(H,17,18). The van der Waals surface area contributed by atoms with Gasteiger partial charge >= 0.3 is 5.97 Å². The molecule has 0 amide bonds. The van der Waals surface area contributed by atoms with Gasteiger partial charge in [0.05, 0.1) is 17.8 Å². The van der Waals surface area contributed by atoms with Gasteiger partial charge in [-0.3, -0.25) is 0 Å². The Labute approximate surface area is 115 Å². The Morgan fingerprint density at radius 3 is 2.68 bits per heavy atom. The number of carboxylic acids is 1. The molecule has 1 aromatic carbocycles. The molecular formula is C11H7ClF2N2O2S. The monoisotopic (exact) mass is 304 g/mol. The van der Waals surface area contributed by atoms with Gasteiger partial charge in [0.25, 0.3) is 0 Å². The van der Waals surface area contributed by atoms with Crippen LogP contribution in [0.5, 0.6) is 0 Å². The molecule has 0 aliphatic carbocycles. The van der Waals surface area contributed by atoms with Crippen LogP contribution in [-0.2, 0) is 6.54 Å². The van der Waals surface area contributed by atoms with Crippen LogP contribution >= 0.6 is 22.9 Å². The highest BCUT2D eigenvalue weighted by molar-refractivity contribution is 7.15. The second-order valence-corrected chi connectivity index (χ2v) is 5.25. The minimum atomic E-state index is -1.34. The number of thiazole rings is 1. The average Bonchev–Trinajstić information content (AvgIpc) is 2.76. The van der Waals surface area contributed by atoms with E-state index in [9.17, 15) is 13.6 Å². The van der Waals surface area contributed by atoms with E-state index in [-0.39, 0.29) is 17.8 Å². The summed E-state index contributed by atoms with van der Waals surface area (Å²) in [5.41, 5.74) is -0.342. The predicted molar refractivity (Wildman–Crippen MR) is 67.8 cm³/mol. The number of aromatic carboxylic acids is 1. The van der Waals surface area contributed by atoms with Crippen LogP contribution in [0.2, 0.25) is 4.47 Å². The largest absolute Gasteiger partial charge is 0.478 e. The van der Waals surface area contributed by atoms with Crippen LogP contribution in [-0.4, -0.2) is 16.1 Å². The van der Waals surface area contributed by atoms with E-state index in [1.165, 1.54) is 17.5 Å². The topological polar surface area (TPSA) is 62.2 Å². The van der Waals surface area contributed by atoms with Gasteiger partial charge in [-0.2, -0.15) is 0 Å². The number of hydrogen-bond acceptors (Lipinski definition) is 4. The summed E-state index contributed by atoms with van der Waals surface area (Å²) >= 11 is 6.85. The van der Waals surface area contributed by atoms with Crippen LogP contribution in [0.1, 0.15) is 15.2 Å². The van der Waals surface area contributed by atoms with Gasteiger partial charge in [-0.25, -0.2) is 18.6 Å².